The van der Waals surface area contributed by atoms with Crippen LogP contribution in [-0.4, -0.2) is 28.6 Å². The average Bonchev–Trinajstić information content (AvgIpc) is 2.42. The van der Waals surface area contributed by atoms with Crippen LogP contribution in [-0.2, 0) is 0 Å². The first-order chi connectivity index (χ1) is 9.13. The van der Waals surface area contributed by atoms with Crippen molar-refractivity contribution in [2.24, 2.45) is 0 Å². The van der Waals surface area contributed by atoms with E-state index in [4.69, 9.17) is 5.73 Å². The van der Waals surface area contributed by atoms with E-state index in [0.717, 1.165) is 24.6 Å². The van der Waals surface area contributed by atoms with Crippen molar-refractivity contribution in [2.75, 3.05) is 22.5 Å². The van der Waals surface area contributed by atoms with Crippen LogP contribution in [0.5, 0.6) is 0 Å². The summed E-state index contributed by atoms with van der Waals surface area (Å²) in [6.45, 7) is 7.54. The first-order valence-corrected chi connectivity index (χ1v) is 7.27. The number of hydrogen-bond acceptors (Lipinski definition) is 5. The molecule has 0 bridgehead atoms. The highest BCUT2D eigenvalue weighted by molar-refractivity contribution is 5.75. The van der Waals surface area contributed by atoms with Crippen LogP contribution in [0.4, 0.5) is 17.3 Å². The van der Waals surface area contributed by atoms with Crippen molar-refractivity contribution < 1.29 is 0 Å². The molecular formula is C14H25N5. The van der Waals surface area contributed by atoms with Gasteiger partial charge in [0.1, 0.15) is 12.0 Å². The Labute approximate surface area is 115 Å². The van der Waals surface area contributed by atoms with Crippen LogP contribution in [0.15, 0.2) is 6.33 Å². The standard InChI is InChI=1S/C14H25N5/c1-4-10(2)18-13-12(15)14(17-9-16-13)19-8-6-5-7-11(19)3/h9-11H,4-8,15H2,1-3H3,(H,16,17,18). The second-order valence-corrected chi connectivity index (χ2v) is 5.45. The van der Waals surface area contributed by atoms with Crippen LogP contribution in [0, 0.1) is 0 Å². The fourth-order valence-electron chi connectivity index (χ4n) is 2.48. The fraction of sp³-hybridized carbons (Fsp3) is 0.714. The molecule has 1 aromatic heterocycles. The molecule has 1 fully saturated rings. The van der Waals surface area contributed by atoms with Crippen molar-refractivity contribution in [3.63, 3.8) is 0 Å². The number of nitrogen functional groups attached to an aromatic ring is 1. The zero-order valence-electron chi connectivity index (χ0n) is 12.2. The molecule has 2 heterocycles. The second kappa shape index (κ2) is 6.08. The van der Waals surface area contributed by atoms with Gasteiger partial charge in [-0.25, -0.2) is 9.97 Å². The number of nitrogens with one attached hydrogen (secondary N) is 1. The normalized spacial score (nSPS) is 21.2. The first-order valence-electron chi connectivity index (χ1n) is 7.27. The van der Waals surface area contributed by atoms with E-state index in [1.165, 1.54) is 19.3 Å². The van der Waals surface area contributed by atoms with Crippen molar-refractivity contribution in [2.45, 2.75) is 58.5 Å². The molecule has 3 N–H and O–H groups in total. The van der Waals surface area contributed by atoms with E-state index in [0.29, 0.717) is 17.8 Å². The van der Waals surface area contributed by atoms with E-state index in [-0.39, 0.29) is 0 Å². The number of piperidine rings is 1. The van der Waals surface area contributed by atoms with Gasteiger partial charge in [-0.15, -0.1) is 0 Å². The fourth-order valence-corrected chi connectivity index (χ4v) is 2.48. The third-order valence-electron chi connectivity index (χ3n) is 3.93. The van der Waals surface area contributed by atoms with E-state index in [1.54, 1.807) is 6.33 Å². The van der Waals surface area contributed by atoms with Crippen molar-refractivity contribution in [1.82, 2.24) is 9.97 Å². The summed E-state index contributed by atoms with van der Waals surface area (Å²) in [6, 6.07) is 0.867. The smallest absolute Gasteiger partial charge is 0.157 e. The molecule has 0 amide bonds. The number of nitrogens with two attached hydrogens (primary N) is 1. The van der Waals surface area contributed by atoms with Gasteiger partial charge in [0.2, 0.25) is 0 Å². The number of hydrogen-bond donors (Lipinski definition) is 2. The van der Waals surface area contributed by atoms with E-state index < -0.39 is 0 Å². The van der Waals surface area contributed by atoms with Gasteiger partial charge in [-0.05, 0) is 39.5 Å². The molecule has 5 nitrogen and oxygen atoms in total. The van der Waals surface area contributed by atoms with Crippen molar-refractivity contribution in [3.05, 3.63) is 6.33 Å². The maximum Gasteiger partial charge on any atom is 0.157 e. The summed E-state index contributed by atoms with van der Waals surface area (Å²) < 4.78 is 0. The molecule has 2 rings (SSSR count). The molecule has 2 unspecified atom stereocenters. The molecule has 2 atom stereocenters. The Kier molecular flexibility index (Phi) is 4.45. The molecule has 0 spiro atoms. The molecule has 19 heavy (non-hydrogen) atoms. The van der Waals surface area contributed by atoms with E-state index in [9.17, 15) is 0 Å². The summed E-state index contributed by atoms with van der Waals surface area (Å²) >= 11 is 0. The molecule has 0 saturated carbocycles. The van der Waals surface area contributed by atoms with Gasteiger partial charge in [0.05, 0.1) is 0 Å². The summed E-state index contributed by atoms with van der Waals surface area (Å²) in [4.78, 5) is 11.0. The van der Waals surface area contributed by atoms with Crippen molar-refractivity contribution in [1.29, 1.82) is 0 Å². The number of anilines is 3. The average molecular weight is 263 g/mol. The minimum absolute atomic E-state index is 0.365. The summed E-state index contributed by atoms with van der Waals surface area (Å²) in [5, 5.41) is 3.35. The zero-order chi connectivity index (χ0) is 13.8. The maximum absolute atomic E-state index is 6.25. The van der Waals surface area contributed by atoms with Crippen LogP contribution in [0.2, 0.25) is 0 Å². The lowest BCUT2D eigenvalue weighted by Gasteiger charge is -2.35. The van der Waals surface area contributed by atoms with Crippen molar-refractivity contribution in [3.8, 4) is 0 Å². The van der Waals surface area contributed by atoms with Gasteiger partial charge in [-0.3, -0.25) is 0 Å². The lowest BCUT2D eigenvalue weighted by atomic mass is 10.0. The molecule has 1 aromatic rings. The highest BCUT2D eigenvalue weighted by Crippen LogP contribution is 2.31. The molecule has 1 aliphatic rings. The van der Waals surface area contributed by atoms with Crippen LogP contribution >= 0.6 is 0 Å². The van der Waals surface area contributed by atoms with Gasteiger partial charge in [0, 0.05) is 18.6 Å². The van der Waals surface area contributed by atoms with Crippen molar-refractivity contribution >= 4 is 17.3 Å². The molecule has 0 aromatic carbocycles. The molecule has 0 radical (unpaired) electrons. The van der Waals surface area contributed by atoms with Crippen LogP contribution in [0.1, 0.15) is 46.5 Å². The Morgan fingerprint density at radius 3 is 2.95 bits per heavy atom. The quantitative estimate of drug-likeness (QED) is 0.874. The van der Waals surface area contributed by atoms with E-state index in [1.807, 2.05) is 0 Å². The highest BCUT2D eigenvalue weighted by Gasteiger charge is 2.23. The van der Waals surface area contributed by atoms with Gasteiger partial charge in [-0.1, -0.05) is 6.92 Å². The summed E-state index contributed by atoms with van der Waals surface area (Å²) in [5.74, 6) is 1.64. The van der Waals surface area contributed by atoms with Crippen LogP contribution in [0.3, 0.4) is 0 Å². The predicted molar refractivity (Wildman–Crippen MR) is 80.5 cm³/mol. The number of rotatable bonds is 4. The minimum atomic E-state index is 0.365. The Morgan fingerprint density at radius 1 is 1.47 bits per heavy atom. The second-order valence-electron chi connectivity index (χ2n) is 5.45. The molecule has 106 valence electrons. The van der Waals surface area contributed by atoms with Gasteiger partial charge in [0.15, 0.2) is 11.6 Å². The first kappa shape index (κ1) is 13.9. The van der Waals surface area contributed by atoms with Gasteiger partial charge >= 0.3 is 0 Å². The third-order valence-corrected chi connectivity index (χ3v) is 3.93. The number of nitrogens with zero attached hydrogens (tertiary/aromatic N) is 3. The topological polar surface area (TPSA) is 67.1 Å². The van der Waals surface area contributed by atoms with E-state index in [2.05, 4.69) is 41.0 Å². The van der Waals surface area contributed by atoms with Gasteiger partial charge in [-0.2, -0.15) is 0 Å². The Balaban J connectivity index is 2.23. The predicted octanol–water partition coefficient (Wildman–Crippen LogP) is 2.65. The van der Waals surface area contributed by atoms with Crippen LogP contribution in [0.25, 0.3) is 0 Å². The van der Waals surface area contributed by atoms with Crippen LogP contribution < -0.4 is 16.0 Å². The Bertz CT molecular complexity index is 420. The summed E-state index contributed by atoms with van der Waals surface area (Å²) in [5.41, 5.74) is 6.93. The zero-order valence-corrected chi connectivity index (χ0v) is 12.2. The number of aromatic nitrogens is 2. The Morgan fingerprint density at radius 2 is 2.26 bits per heavy atom. The summed E-state index contributed by atoms with van der Waals surface area (Å²) in [7, 11) is 0. The largest absolute Gasteiger partial charge is 0.393 e. The highest BCUT2D eigenvalue weighted by atomic mass is 15.2. The van der Waals surface area contributed by atoms with E-state index >= 15 is 0 Å². The SMILES string of the molecule is CCC(C)Nc1ncnc(N2CCCCC2C)c1N. The minimum Gasteiger partial charge on any atom is -0.393 e. The van der Waals surface area contributed by atoms with Gasteiger partial charge in [0.25, 0.3) is 0 Å². The lowest BCUT2D eigenvalue weighted by Crippen LogP contribution is -2.38. The van der Waals surface area contributed by atoms with Gasteiger partial charge < -0.3 is 16.0 Å². The molecule has 1 aliphatic heterocycles. The monoisotopic (exact) mass is 263 g/mol. The molecule has 1 saturated heterocycles. The maximum atomic E-state index is 6.25. The lowest BCUT2D eigenvalue weighted by molar-refractivity contribution is 0.481. The third kappa shape index (κ3) is 3.08. The molecule has 0 aliphatic carbocycles. The molecular weight excluding hydrogens is 238 g/mol. The molecule has 5 heteroatoms. The summed E-state index contributed by atoms with van der Waals surface area (Å²) in [6.07, 6.45) is 6.36. The Hall–Kier alpha value is -1.52.